The number of rotatable bonds is 4. The van der Waals surface area contributed by atoms with Crippen LogP contribution < -0.4 is 5.32 Å². The van der Waals surface area contributed by atoms with E-state index in [0.29, 0.717) is 18.4 Å². The van der Waals surface area contributed by atoms with E-state index in [1.165, 1.54) is 17.8 Å². The van der Waals surface area contributed by atoms with Gasteiger partial charge in [0.25, 0.3) is 0 Å². The molecule has 2 fully saturated rings. The molecule has 1 heterocycles. The van der Waals surface area contributed by atoms with E-state index >= 15 is 0 Å². The minimum atomic E-state index is -0.643. The number of carboxylic acid groups (broad SMARTS) is 1. The summed E-state index contributed by atoms with van der Waals surface area (Å²) in [5, 5.41) is 12.8. The maximum absolute atomic E-state index is 11.4. The highest BCUT2D eigenvalue weighted by Gasteiger charge is 2.50. The van der Waals surface area contributed by atoms with Gasteiger partial charge in [-0.2, -0.15) is 0 Å². The molecule has 0 saturated heterocycles. The van der Waals surface area contributed by atoms with E-state index < -0.39 is 5.97 Å². The molecule has 2 bridgehead atoms. The monoisotopic (exact) mass is 363 g/mol. The van der Waals surface area contributed by atoms with Crippen LogP contribution in [0.25, 0.3) is 0 Å². The number of halogens is 2. The van der Waals surface area contributed by atoms with Crippen LogP contribution in [-0.4, -0.2) is 17.1 Å². The van der Waals surface area contributed by atoms with Crippen molar-refractivity contribution < 1.29 is 9.90 Å². The fraction of sp³-hybridized carbons (Fsp3) is 0.615. The van der Waals surface area contributed by atoms with Crippen LogP contribution in [0, 0.1) is 17.8 Å². The van der Waals surface area contributed by atoms with Gasteiger partial charge >= 0.3 is 5.97 Å². The summed E-state index contributed by atoms with van der Waals surface area (Å²) in [6.45, 7) is 0.702. The fourth-order valence-corrected chi connectivity index (χ4v) is 5.38. The molecule has 2 aliphatic rings. The van der Waals surface area contributed by atoms with E-state index in [4.69, 9.17) is 11.6 Å². The van der Waals surface area contributed by atoms with Crippen LogP contribution in [0.5, 0.6) is 0 Å². The molecule has 19 heavy (non-hydrogen) atoms. The maximum atomic E-state index is 11.4. The zero-order chi connectivity index (χ0) is 13.6. The molecule has 0 spiro atoms. The lowest BCUT2D eigenvalue weighted by Crippen LogP contribution is -2.43. The summed E-state index contributed by atoms with van der Waals surface area (Å²) in [5.74, 6) is 0.0522. The third-order valence-corrected chi connectivity index (χ3v) is 6.88. The van der Waals surface area contributed by atoms with Crippen molar-refractivity contribution in [3.05, 3.63) is 19.8 Å². The van der Waals surface area contributed by atoms with Crippen molar-refractivity contribution in [1.29, 1.82) is 0 Å². The number of carbonyl (C=O) groups is 1. The first-order chi connectivity index (χ1) is 9.06. The second kappa shape index (κ2) is 5.35. The lowest BCUT2D eigenvalue weighted by molar-refractivity contribution is -0.144. The summed E-state index contributed by atoms with van der Waals surface area (Å²) < 4.78 is 1.67. The molecule has 6 heteroatoms. The standard InChI is InChI=1S/C13H15BrClNO2S/c14-9-4-8(19-12(9)15)5-16-11-7-2-1-6(3-7)10(11)13(17)18/h4,6-7,10-11,16H,1-3,5H2,(H,17,18). The summed E-state index contributed by atoms with van der Waals surface area (Å²) in [5.41, 5.74) is 0. The zero-order valence-electron chi connectivity index (χ0n) is 10.2. The van der Waals surface area contributed by atoms with E-state index in [1.54, 1.807) is 0 Å². The summed E-state index contributed by atoms with van der Waals surface area (Å²) in [6, 6.07) is 2.12. The summed E-state index contributed by atoms with van der Waals surface area (Å²) in [7, 11) is 0. The Labute approximate surface area is 129 Å². The fourth-order valence-electron chi connectivity index (χ4n) is 3.64. The van der Waals surface area contributed by atoms with Crippen molar-refractivity contribution in [3.8, 4) is 0 Å². The molecule has 4 atom stereocenters. The molecule has 2 saturated carbocycles. The molecule has 3 nitrogen and oxygen atoms in total. The predicted octanol–water partition coefficient (Wildman–Crippen LogP) is 3.75. The number of carboxylic acids is 1. The van der Waals surface area contributed by atoms with Crippen LogP contribution in [-0.2, 0) is 11.3 Å². The average molecular weight is 365 g/mol. The van der Waals surface area contributed by atoms with Gasteiger partial charge in [0.2, 0.25) is 0 Å². The number of hydrogen-bond acceptors (Lipinski definition) is 3. The smallest absolute Gasteiger partial charge is 0.308 e. The minimum absolute atomic E-state index is 0.121. The first-order valence-corrected chi connectivity index (χ1v) is 8.45. The van der Waals surface area contributed by atoms with Crippen LogP contribution in [0.3, 0.4) is 0 Å². The first kappa shape index (κ1) is 13.9. The Morgan fingerprint density at radius 2 is 2.26 bits per heavy atom. The summed E-state index contributed by atoms with van der Waals surface area (Å²) in [6.07, 6.45) is 3.32. The molecular formula is C13H15BrClNO2S. The van der Waals surface area contributed by atoms with Gasteiger partial charge in [0.15, 0.2) is 0 Å². The van der Waals surface area contributed by atoms with Gasteiger partial charge in [-0.25, -0.2) is 0 Å². The van der Waals surface area contributed by atoms with Crippen molar-refractivity contribution in [2.45, 2.75) is 31.8 Å². The van der Waals surface area contributed by atoms with Crippen molar-refractivity contribution >= 4 is 44.8 Å². The largest absolute Gasteiger partial charge is 0.481 e. The van der Waals surface area contributed by atoms with E-state index in [2.05, 4.69) is 21.2 Å². The molecule has 2 aliphatic carbocycles. The van der Waals surface area contributed by atoms with Crippen molar-refractivity contribution in [2.24, 2.45) is 17.8 Å². The Morgan fingerprint density at radius 3 is 2.89 bits per heavy atom. The number of aliphatic carboxylic acids is 1. The average Bonchev–Trinajstić information content (AvgIpc) is 3.02. The molecule has 3 rings (SSSR count). The van der Waals surface area contributed by atoms with Gasteiger partial charge in [0.05, 0.1) is 5.92 Å². The topological polar surface area (TPSA) is 49.3 Å². The molecule has 104 valence electrons. The van der Waals surface area contributed by atoms with Crippen molar-refractivity contribution in [2.75, 3.05) is 0 Å². The number of hydrogen-bond donors (Lipinski definition) is 2. The van der Waals surface area contributed by atoms with Gasteiger partial charge in [-0.05, 0) is 53.1 Å². The quantitative estimate of drug-likeness (QED) is 0.855. The third kappa shape index (κ3) is 2.58. The Kier molecular flexibility index (Phi) is 3.91. The van der Waals surface area contributed by atoms with Crippen LogP contribution in [0.2, 0.25) is 4.34 Å². The van der Waals surface area contributed by atoms with E-state index in [1.807, 2.05) is 6.07 Å². The second-order valence-corrected chi connectivity index (χ2v) is 8.03. The molecular weight excluding hydrogens is 350 g/mol. The van der Waals surface area contributed by atoms with E-state index in [9.17, 15) is 9.90 Å². The third-order valence-electron chi connectivity index (χ3n) is 4.41. The number of fused-ring (bicyclic) bond motifs is 2. The van der Waals surface area contributed by atoms with E-state index in [0.717, 1.165) is 26.5 Å². The van der Waals surface area contributed by atoms with Crippen LogP contribution in [0.4, 0.5) is 0 Å². The first-order valence-electron chi connectivity index (χ1n) is 6.46. The van der Waals surface area contributed by atoms with Gasteiger partial charge in [-0.15, -0.1) is 11.3 Å². The van der Waals surface area contributed by atoms with Gasteiger partial charge < -0.3 is 10.4 Å². The minimum Gasteiger partial charge on any atom is -0.481 e. The molecule has 2 N–H and O–H groups in total. The Hall–Kier alpha value is -0.100. The van der Waals surface area contributed by atoms with Crippen molar-refractivity contribution in [1.82, 2.24) is 5.32 Å². The second-order valence-electron chi connectivity index (χ2n) is 5.44. The molecule has 0 amide bonds. The zero-order valence-corrected chi connectivity index (χ0v) is 13.4. The van der Waals surface area contributed by atoms with Crippen LogP contribution >= 0.6 is 38.9 Å². The molecule has 4 unspecified atom stereocenters. The normalized spacial score (nSPS) is 32.9. The highest BCUT2D eigenvalue weighted by molar-refractivity contribution is 9.10. The SMILES string of the molecule is O=C(O)C1C2CCC(C2)C1NCc1cc(Br)c(Cl)s1. The van der Waals surface area contributed by atoms with Gasteiger partial charge in [-0.3, -0.25) is 4.79 Å². The molecule has 0 aromatic carbocycles. The van der Waals surface area contributed by atoms with Crippen LogP contribution in [0.15, 0.2) is 10.5 Å². The maximum Gasteiger partial charge on any atom is 0.308 e. The van der Waals surface area contributed by atoms with Gasteiger partial charge in [-0.1, -0.05) is 11.6 Å². The van der Waals surface area contributed by atoms with E-state index in [-0.39, 0.29) is 12.0 Å². The van der Waals surface area contributed by atoms with Gasteiger partial charge in [0.1, 0.15) is 4.34 Å². The summed E-state index contributed by atoms with van der Waals surface area (Å²) >= 11 is 10.9. The number of nitrogens with one attached hydrogen (secondary N) is 1. The Balaban J connectivity index is 1.67. The Bertz CT molecular complexity index is 487. The molecule has 1 aromatic rings. The number of thiophene rings is 1. The lowest BCUT2D eigenvalue weighted by Gasteiger charge is -2.28. The molecule has 0 radical (unpaired) electrons. The molecule has 0 aliphatic heterocycles. The van der Waals surface area contributed by atoms with Crippen LogP contribution in [0.1, 0.15) is 24.1 Å². The highest BCUT2D eigenvalue weighted by atomic mass is 79.9. The van der Waals surface area contributed by atoms with Crippen molar-refractivity contribution in [3.63, 3.8) is 0 Å². The Morgan fingerprint density at radius 1 is 1.53 bits per heavy atom. The van der Waals surface area contributed by atoms with Gasteiger partial charge in [0, 0.05) is 21.9 Å². The molecule has 1 aromatic heterocycles. The predicted molar refractivity (Wildman–Crippen MR) is 79.6 cm³/mol. The highest BCUT2D eigenvalue weighted by Crippen LogP contribution is 2.48. The summed E-state index contributed by atoms with van der Waals surface area (Å²) in [4.78, 5) is 12.5. The lowest BCUT2D eigenvalue weighted by atomic mass is 9.84.